The van der Waals surface area contributed by atoms with E-state index < -0.39 is 0 Å². The van der Waals surface area contributed by atoms with Crippen LogP contribution >= 0.6 is 0 Å². The van der Waals surface area contributed by atoms with Crippen LogP contribution in [0, 0.1) is 5.92 Å². The van der Waals surface area contributed by atoms with Crippen LogP contribution in [0.3, 0.4) is 0 Å². The third-order valence-corrected chi connectivity index (χ3v) is 5.20. The molecule has 1 N–H and O–H groups in total. The van der Waals surface area contributed by atoms with Gasteiger partial charge in [-0.25, -0.2) is 0 Å². The van der Waals surface area contributed by atoms with Crippen molar-refractivity contribution < 1.29 is 0 Å². The van der Waals surface area contributed by atoms with Gasteiger partial charge < -0.3 is 14.8 Å². The van der Waals surface area contributed by atoms with Crippen LogP contribution in [-0.4, -0.2) is 57.4 Å². The van der Waals surface area contributed by atoms with E-state index in [1.807, 2.05) is 18.5 Å². The first kappa shape index (κ1) is 15.7. The third kappa shape index (κ3) is 3.65. The number of pyridine rings is 1. The van der Waals surface area contributed by atoms with Crippen LogP contribution in [0.15, 0.2) is 24.5 Å². The molecule has 1 unspecified atom stereocenters. The van der Waals surface area contributed by atoms with Crippen molar-refractivity contribution in [2.45, 2.75) is 32.2 Å². The van der Waals surface area contributed by atoms with Crippen molar-refractivity contribution in [3.05, 3.63) is 41.7 Å². The summed E-state index contributed by atoms with van der Waals surface area (Å²) in [5.74, 6) is 3.01. The zero-order valence-electron chi connectivity index (χ0n) is 14.2. The molecule has 2 aliphatic heterocycles. The maximum atomic E-state index is 4.45. The molecule has 0 spiro atoms. The van der Waals surface area contributed by atoms with Gasteiger partial charge in [0.15, 0.2) is 0 Å². The smallest absolute Gasteiger partial charge is 0.137 e. The molecule has 0 radical (unpaired) electrons. The Balaban J connectivity index is 1.40. The molecule has 6 heteroatoms. The molecular formula is C18H26N6. The summed E-state index contributed by atoms with van der Waals surface area (Å²) in [7, 11) is 0. The van der Waals surface area contributed by atoms with Crippen molar-refractivity contribution in [3.8, 4) is 0 Å². The lowest BCUT2D eigenvalue weighted by molar-refractivity contribution is 0.211. The lowest BCUT2D eigenvalue weighted by Gasteiger charge is -2.29. The van der Waals surface area contributed by atoms with Crippen molar-refractivity contribution in [1.29, 1.82) is 0 Å². The molecule has 0 aliphatic carbocycles. The van der Waals surface area contributed by atoms with E-state index in [9.17, 15) is 0 Å². The maximum Gasteiger partial charge on any atom is 0.137 e. The fourth-order valence-electron chi connectivity index (χ4n) is 3.87. The van der Waals surface area contributed by atoms with Gasteiger partial charge in [0.05, 0.1) is 0 Å². The first-order chi connectivity index (χ1) is 11.9. The van der Waals surface area contributed by atoms with Gasteiger partial charge >= 0.3 is 0 Å². The van der Waals surface area contributed by atoms with Gasteiger partial charge in [-0.05, 0) is 43.5 Å². The molecule has 2 aliphatic rings. The Labute approximate surface area is 143 Å². The predicted octanol–water partition coefficient (Wildman–Crippen LogP) is 1.12. The summed E-state index contributed by atoms with van der Waals surface area (Å²) in [5, 5.41) is 12.4. The Morgan fingerprint density at radius 1 is 1.21 bits per heavy atom. The SMILES string of the molecule is c1cncc(Cc2nnc3n2CCN(CC2CCCNC2)CC3)c1. The average molecular weight is 326 g/mol. The summed E-state index contributed by atoms with van der Waals surface area (Å²) in [6.07, 6.45) is 8.22. The minimum atomic E-state index is 0.803. The minimum Gasteiger partial charge on any atom is -0.316 e. The van der Waals surface area contributed by atoms with Gasteiger partial charge in [-0.1, -0.05) is 6.07 Å². The number of hydrogen-bond acceptors (Lipinski definition) is 5. The average Bonchev–Trinajstić information content (AvgIpc) is 2.89. The highest BCUT2D eigenvalue weighted by Crippen LogP contribution is 2.16. The molecule has 0 saturated carbocycles. The molecule has 1 fully saturated rings. The number of rotatable bonds is 4. The molecule has 24 heavy (non-hydrogen) atoms. The van der Waals surface area contributed by atoms with E-state index in [4.69, 9.17) is 0 Å². The zero-order chi connectivity index (χ0) is 16.2. The quantitative estimate of drug-likeness (QED) is 0.912. The zero-order valence-corrected chi connectivity index (χ0v) is 14.2. The van der Waals surface area contributed by atoms with Crippen LogP contribution in [0.4, 0.5) is 0 Å². The van der Waals surface area contributed by atoms with Crippen molar-refractivity contribution in [2.75, 3.05) is 32.7 Å². The van der Waals surface area contributed by atoms with Crippen LogP contribution in [0.5, 0.6) is 0 Å². The van der Waals surface area contributed by atoms with E-state index in [0.717, 1.165) is 50.0 Å². The van der Waals surface area contributed by atoms with Gasteiger partial charge in [0.2, 0.25) is 0 Å². The second-order valence-corrected chi connectivity index (χ2v) is 6.99. The molecule has 6 nitrogen and oxygen atoms in total. The number of nitrogens with one attached hydrogen (secondary N) is 1. The summed E-state index contributed by atoms with van der Waals surface area (Å²) >= 11 is 0. The van der Waals surface area contributed by atoms with E-state index in [1.54, 1.807) is 0 Å². The fourth-order valence-corrected chi connectivity index (χ4v) is 3.87. The van der Waals surface area contributed by atoms with E-state index in [-0.39, 0.29) is 0 Å². The molecule has 0 aromatic carbocycles. The molecule has 128 valence electrons. The molecule has 1 saturated heterocycles. The summed E-state index contributed by atoms with van der Waals surface area (Å²) in [4.78, 5) is 6.81. The molecule has 1 atom stereocenters. The van der Waals surface area contributed by atoms with Crippen LogP contribution in [0.25, 0.3) is 0 Å². The fraction of sp³-hybridized carbons (Fsp3) is 0.611. The number of aromatic nitrogens is 4. The topological polar surface area (TPSA) is 58.9 Å². The van der Waals surface area contributed by atoms with Gasteiger partial charge in [0, 0.05) is 51.4 Å². The third-order valence-electron chi connectivity index (χ3n) is 5.20. The largest absolute Gasteiger partial charge is 0.316 e. The number of nitrogens with zero attached hydrogens (tertiary/aromatic N) is 5. The van der Waals surface area contributed by atoms with Gasteiger partial charge in [0.25, 0.3) is 0 Å². The van der Waals surface area contributed by atoms with Crippen molar-refractivity contribution in [2.24, 2.45) is 5.92 Å². The second kappa shape index (κ2) is 7.40. The molecule has 0 amide bonds. The van der Waals surface area contributed by atoms with E-state index >= 15 is 0 Å². The number of fused-ring (bicyclic) bond motifs is 1. The summed E-state index contributed by atoms with van der Waals surface area (Å²) in [6.45, 7) is 6.77. The number of hydrogen-bond donors (Lipinski definition) is 1. The second-order valence-electron chi connectivity index (χ2n) is 6.99. The Hall–Kier alpha value is -1.79. The highest BCUT2D eigenvalue weighted by Gasteiger charge is 2.22. The summed E-state index contributed by atoms with van der Waals surface area (Å²) in [6, 6.07) is 4.09. The lowest BCUT2D eigenvalue weighted by atomic mass is 9.99. The predicted molar refractivity (Wildman–Crippen MR) is 92.8 cm³/mol. The van der Waals surface area contributed by atoms with Crippen molar-refractivity contribution in [1.82, 2.24) is 30.0 Å². The molecule has 0 bridgehead atoms. The van der Waals surface area contributed by atoms with Crippen molar-refractivity contribution in [3.63, 3.8) is 0 Å². The lowest BCUT2D eigenvalue weighted by Crippen LogP contribution is -2.39. The number of piperidine rings is 1. The van der Waals surface area contributed by atoms with E-state index in [2.05, 4.69) is 36.0 Å². The van der Waals surface area contributed by atoms with Crippen LogP contribution in [0.2, 0.25) is 0 Å². The highest BCUT2D eigenvalue weighted by atomic mass is 15.3. The first-order valence-electron chi connectivity index (χ1n) is 9.11. The Morgan fingerprint density at radius 3 is 3.04 bits per heavy atom. The normalized spacial score (nSPS) is 22.1. The van der Waals surface area contributed by atoms with Crippen LogP contribution in [-0.2, 0) is 19.4 Å². The molecular weight excluding hydrogens is 300 g/mol. The monoisotopic (exact) mass is 326 g/mol. The van der Waals surface area contributed by atoms with E-state index in [0.29, 0.717) is 0 Å². The molecule has 4 heterocycles. The first-order valence-corrected chi connectivity index (χ1v) is 9.11. The minimum absolute atomic E-state index is 0.803. The maximum absolute atomic E-state index is 4.45. The van der Waals surface area contributed by atoms with Crippen LogP contribution < -0.4 is 5.32 Å². The van der Waals surface area contributed by atoms with Gasteiger partial charge in [-0.2, -0.15) is 0 Å². The van der Waals surface area contributed by atoms with Gasteiger partial charge in [0.1, 0.15) is 11.6 Å². The Morgan fingerprint density at radius 2 is 2.21 bits per heavy atom. The summed E-state index contributed by atoms with van der Waals surface area (Å²) in [5.41, 5.74) is 1.20. The molecule has 2 aromatic rings. The molecule has 4 rings (SSSR count). The summed E-state index contributed by atoms with van der Waals surface area (Å²) < 4.78 is 2.33. The van der Waals surface area contributed by atoms with Crippen molar-refractivity contribution >= 4 is 0 Å². The van der Waals surface area contributed by atoms with Crippen LogP contribution in [0.1, 0.15) is 30.1 Å². The molecule has 2 aromatic heterocycles. The Kier molecular flexibility index (Phi) is 4.85. The standard InChI is InChI=1S/C18H26N6/c1-3-15(12-19-6-1)11-18-22-21-17-5-8-23(9-10-24(17)18)14-16-4-2-7-20-13-16/h1,3,6,12,16,20H,2,4-5,7-11,13-14H2. The van der Waals surface area contributed by atoms with E-state index in [1.165, 1.54) is 38.0 Å². The Bertz CT molecular complexity index is 647. The van der Waals surface area contributed by atoms with Gasteiger partial charge in [-0.3, -0.25) is 4.98 Å². The van der Waals surface area contributed by atoms with Gasteiger partial charge in [-0.15, -0.1) is 10.2 Å². The highest BCUT2D eigenvalue weighted by molar-refractivity contribution is 5.15.